The van der Waals surface area contributed by atoms with Crippen LogP contribution in [0.3, 0.4) is 0 Å². The van der Waals surface area contributed by atoms with Crippen LogP contribution in [0.25, 0.3) is 0 Å². The average Bonchev–Trinajstić information content (AvgIpc) is 3.53. The molecular weight excluding hydrogens is 366 g/mol. The van der Waals surface area contributed by atoms with Crippen molar-refractivity contribution in [3.8, 4) is 0 Å². The van der Waals surface area contributed by atoms with Crippen molar-refractivity contribution in [1.29, 1.82) is 0 Å². The Balaban J connectivity index is 1.59. The fraction of sp³-hybridized carbons (Fsp3) is 0.417. The predicted octanol–water partition coefficient (Wildman–Crippen LogP) is 4.68. The Kier molecular flexibility index (Phi) is 6.70. The van der Waals surface area contributed by atoms with E-state index in [-0.39, 0.29) is 23.4 Å². The molecule has 5 nitrogen and oxygen atoms in total. The van der Waals surface area contributed by atoms with Crippen molar-refractivity contribution in [3.63, 3.8) is 0 Å². The van der Waals surface area contributed by atoms with E-state index in [0.717, 1.165) is 11.1 Å². The first-order valence-electron chi connectivity index (χ1n) is 10.2. The number of nitrogens with one attached hydrogen (secondary N) is 1. The molecule has 1 fully saturated rings. The summed E-state index contributed by atoms with van der Waals surface area (Å²) in [6, 6.07) is 14.7. The molecule has 5 heteroatoms. The van der Waals surface area contributed by atoms with Crippen LogP contribution in [0.15, 0.2) is 48.5 Å². The molecule has 0 heterocycles. The minimum atomic E-state index is -0.965. The second-order valence-electron chi connectivity index (χ2n) is 8.15. The van der Waals surface area contributed by atoms with Crippen LogP contribution >= 0.6 is 0 Å². The Hall–Kier alpha value is -2.66. The largest absolute Gasteiger partial charge is 0.478 e. The van der Waals surface area contributed by atoms with Crippen LogP contribution < -0.4 is 5.32 Å². The molecule has 1 aliphatic carbocycles. The first kappa shape index (κ1) is 21.1. The number of benzene rings is 2. The van der Waals surface area contributed by atoms with Gasteiger partial charge in [0.1, 0.15) is 6.10 Å². The molecule has 2 aromatic carbocycles. The normalized spacial score (nSPS) is 15.7. The van der Waals surface area contributed by atoms with Crippen molar-refractivity contribution < 1.29 is 19.4 Å². The molecule has 0 aromatic heterocycles. The van der Waals surface area contributed by atoms with Crippen LogP contribution in [0.5, 0.6) is 0 Å². The number of carbonyl (C=O) groups excluding carboxylic acids is 1. The highest BCUT2D eigenvalue weighted by molar-refractivity contribution is 5.87. The Labute approximate surface area is 172 Å². The van der Waals surface area contributed by atoms with Gasteiger partial charge >= 0.3 is 5.97 Å². The van der Waals surface area contributed by atoms with Crippen LogP contribution in [0, 0.1) is 5.92 Å². The second-order valence-corrected chi connectivity index (χ2v) is 8.15. The lowest BCUT2D eigenvalue weighted by atomic mass is 10.0. The van der Waals surface area contributed by atoms with Gasteiger partial charge in [0.05, 0.1) is 18.2 Å². The highest BCUT2D eigenvalue weighted by atomic mass is 16.5. The number of aromatic carboxylic acids is 1. The molecule has 0 radical (unpaired) electrons. The van der Waals surface area contributed by atoms with E-state index in [2.05, 4.69) is 23.5 Å². The molecule has 1 saturated carbocycles. The van der Waals surface area contributed by atoms with Crippen LogP contribution in [0.1, 0.15) is 72.6 Å². The quantitative estimate of drug-likeness (QED) is 0.646. The fourth-order valence-electron chi connectivity index (χ4n) is 3.40. The third kappa shape index (κ3) is 5.67. The van der Waals surface area contributed by atoms with Crippen molar-refractivity contribution in [1.82, 2.24) is 5.32 Å². The van der Waals surface area contributed by atoms with E-state index in [1.54, 1.807) is 24.3 Å². The maximum Gasteiger partial charge on any atom is 0.335 e. The molecule has 1 amide bonds. The summed E-state index contributed by atoms with van der Waals surface area (Å²) < 4.78 is 6.00. The Morgan fingerprint density at radius 2 is 1.79 bits per heavy atom. The summed E-state index contributed by atoms with van der Waals surface area (Å²) in [5.74, 6) is -0.406. The highest BCUT2D eigenvalue weighted by Crippen LogP contribution is 2.40. The van der Waals surface area contributed by atoms with Gasteiger partial charge in [-0.3, -0.25) is 4.79 Å². The van der Waals surface area contributed by atoms with Crippen molar-refractivity contribution in [2.45, 2.75) is 58.3 Å². The Bertz CT molecular complexity index is 855. The van der Waals surface area contributed by atoms with Gasteiger partial charge < -0.3 is 15.2 Å². The molecule has 0 aliphatic heterocycles. The molecule has 1 aliphatic rings. The minimum Gasteiger partial charge on any atom is -0.478 e. The van der Waals surface area contributed by atoms with Crippen LogP contribution in [0.2, 0.25) is 0 Å². The van der Waals surface area contributed by atoms with Crippen molar-refractivity contribution in [2.75, 3.05) is 0 Å². The lowest BCUT2D eigenvalue weighted by Crippen LogP contribution is -2.40. The number of carboxylic acids is 1. The van der Waals surface area contributed by atoms with E-state index in [1.807, 2.05) is 26.8 Å². The number of ether oxygens (including phenoxy) is 1. The summed E-state index contributed by atoms with van der Waals surface area (Å²) in [4.78, 5) is 23.8. The lowest BCUT2D eigenvalue weighted by molar-refractivity contribution is -0.137. The SMILES string of the molecule is CC(C)[C@@H](OCc1cccc(C2CC2)c1)C(=O)N[C@@H](C)c1ccc(C(=O)O)cc1. The third-order valence-corrected chi connectivity index (χ3v) is 5.31. The summed E-state index contributed by atoms with van der Waals surface area (Å²) in [6.07, 6.45) is 1.96. The van der Waals surface area contributed by atoms with E-state index in [0.29, 0.717) is 12.5 Å². The first-order chi connectivity index (χ1) is 13.8. The monoisotopic (exact) mass is 395 g/mol. The number of hydrogen-bond donors (Lipinski definition) is 2. The van der Waals surface area contributed by atoms with Gasteiger partial charge in [-0.05, 0) is 60.4 Å². The van der Waals surface area contributed by atoms with Gasteiger partial charge in [-0.25, -0.2) is 4.79 Å². The van der Waals surface area contributed by atoms with E-state index in [1.165, 1.54) is 18.4 Å². The van der Waals surface area contributed by atoms with Gasteiger partial charge in [0, 0.05) is 0 Å². The Morgan fingerprint density at radius 3 is 2.38 bits per heavy atom. The lowest BCUT2D eigenvalue weighted by Gasteiger charge is -2.24. The first-order valence-corrected chi connectivity index (χ1v) is 10.2. The van der Waals surface area contributed by atoms with Crippen molar-refractivity contribution in [3.05, 3.63) is 70.8 Å². The summed E-state index contributed by atoms with van der Waals surface area (Å²) in [6.45, 7) is 6.22. The number of amides is 1. The zero-order valence-corrected chi connectivity index (χ0v) is 17.2. The summed E-state index contributed by atoms with van der Waals surface area (Å²) >= 11 is 0. The van der Waals surface area contributed by atoms with Crippen molar-refractivity contribution in [2.24, 2.45) is 5.92 Å². The molecule has 29 heavy (non-hydrogen) atoms. The van der Waals surface area contributed by atoms with Gasteiger partial charge in [0.15, 0.2) is 0 Å². The van der Waals surface area contributed by atoms with E-state index < -0.39 is 12.1 Å². The third-order valence-electron chi connectivity index (χ3n) is 5.31. The van der Waals surface area contributed by atoms with E-state index in [9.17, 15) is 9.59 Å². The zero-order valence-electron chi connectivity index (χ0n) is 17.2. The number of carboxylic acid groups (broad SMARTS) is 1. The summed E-state index contributed by atoms with van der Waals surface area (Å²) in [7, 11) is 0. The topological polar surface area (TPSA) is 75.6 Å². The number of rotatable bonds is 9. The molecule has 2 aromatic rings. The van der Waals surface area contributed by atoms with Gasteiger partial charge in [0.2, 0.25) is 5.91 Å². The molecule has 0 unspecified atom stereocenters. The van der Waals surface area contributed by atoms with Crippen molar-refractivity contribution >= 4 is 11.9 Å². The fourth-order valence-corrected chi connectivity index (χ4v) is 3.40. The summed E-state index contributed by atoms with van der Waals surface area (Å²) in [5, 5.41) is 12.0. The van der Waals surface area contributed by atoms with Gasteiger partial charge in [-0.15, -0.1) is 0 Å². The van der Waals surface area contributed by atoms with Gasteiger partial charge in [-0.1, -0.05) is 50.2 Å². The maximum absolute atomic E-state index is 12.8. The standard InChI is InChI=1S/C24H29NO4/c1-15(2)22(29-14-17-5-4-6-21(13-17)19-9-10-19)23(26)25-16(3)18-7-11-20(12-8-18)24(27)28/h4-8,11-13,15-16,19,22H,9-10,14H2,1-3H3,(H,25,26)(H,27,28)/t16-,22+/m0/s1. The number of carbonyl (C=O) groups is 2. The average molecular weight is 395 g/mol. The number of hydrogen-bond acceptors (Lipinski definition) is 3. The second kappa shape index (κ2) is 9.23. The zero-order chi connectivity index (χ0) is 21.0. The molecular formula is C24H29NO4. The van der Waals surface area contributed by atoms with Gasteiger partial charge in [0.25, 0.3) is 0 Å². The predicted molar refractivity (Wildman–Crippen MR) is 112 cm³/mol. The maximum atomic E-state index is 12.8. The summed E-state index contributed by atoms with van der Waals surface area (Å²) in [5.41, 5.74) is 3.52. The van der Waals surface area contributed by atoms with Crippen LogP contribution in [-0.4, -0.2) is 23.1 Å². The molecule has 0 spiro atoms. The molecule has 154 valence electrons. The molecule has 2 N–H and O–H groups in total. The van der Waals surface area contributed by atoms with E-state index in [4.69, 9.17) is 9.84 Å². The molecule has 0 saturated heterocycles. The highest BCUT2D eigenvalue weighted by Gasteiger charge is 2.26. The minimum absolute atomic E-state index is 0.0307. The Morgan fingerprint density at radius 1 is 1.10 bits per heavy atom. The molecule has 2 atom stereocenters. The van der Waals surface area contributed by atoms with Gasteiger partial charge in [-0.2, -0.15) is 0 Å². The molecule has 3 rings (SSSR count). The van der Waals surface area contributed by atoms with Crippen LogP contribution in [-0.2, 0) is 16.1 Å². The molecule has 0 bridgehead atoms. The van der Waals surface area contributed by atoms with Crippen LogP contribution in [0.4, 0.5) is 0 Å². The smallest absolute Gasteiger partial charge is 0.335 e. The van der Waals surface area contributed by atoms with E-state index >= 15 is 0 Å².